The van der Waals surface area contributed by atoms with E-state index >= 15 is 0 Å². The average molecular weight is 508 g/mol. The number of rotatable bonds is 9. The fraction of sp³-hybridized carbons (Fsp3) is 0.348. The first kappa shape index (κ1) is 25.5. The number of methoxy groups -OCH3 is 1. The second-order valence-electron chi connectivity index (χ2n) is 7.48. The van der Waals surface area contributed by atoms with Gasteiger partial charge in [0.2, 0.25) is 0 Å². The van der Waals surface area contributed by atoms with Gasteiger partial charge in [0.25, 0.3) is 15.9 Å². The van der Waals surface area contributed by atoms with E-state index in [9.17, 15) is 18.0 Å². The topological polar surface area (TPSA) is 114 Å². The van der Waals surface area contributed by atoms with Gasteiger partial charge in [0, 0.05) is 5.02 Å². The van der Waals surface area contributed by atoms with Crippen LogP contribution in [0.3, 0.4) is 0 Å². The molecule has 0 bridgehead atoms. The number of nitrogens with one attached hydrogen (secondary N) is 1. The van der Waals surface area contributed by atoms with Gasteiger partial charge < -0.3 is 9.47 Å². The lowest BCUT2D eigenvalue weighted by Crippen LogP contribution is -2.40. The van der Waals surface area contributed by atoms with Crippen LogP contribution in [-0.4, -0.2) is 46.3 Å². The van der Waals surface area contributed by atoms with Crippen molar-refractivity contribution >= 4 is 44.9 Å². The highest BCUT2D eigenvalue weighted by Gasteiger charge is 2.32. The summed E-state index contributed by atoms with van der Waals surface area (Å²) >= 11 is 6.13. The van der Waals surface area contributed by atoms with Crippen LogP contribution in [0, 0.1) is 5.92 Å². The number of sulfonamides is 1. The molecule has 1 saturated carbocycles. The van der Waals surface area contributed by atoms with Crippen LogP contribution in [0.4, 0.5) is 5.69 Å². The number of benzene rings is 2. The summed E-state index contributed by atoms with van der Waals surface area (Å²) in [6.07, 6.45) is 1.87. The zero-order valence-electron chi connectivity index (χ0n) is 18.9. The Balaban J connectivity index is 1.90. The molecular formula is C23H26ClN3O6S. The fourth-order valence-corrected chi connectivity index (χ4v) is 5.25. The number of hydrogen-bond acceptors (Lipinski definition) is 7. The van der Waals surface area contributed by atoms with Gasteiger partial charge in [-0.2, -0.15) is 5.10 Å². The van der Waals surface area contributed by atoms with Crippen molar-refractivity contribution in [1.82, 2.24) is 5.43 Å². The molecule has 0 heterocycles. The van der Waals surface area contributed by atoms with E-state index in [1.807, 2.05) is 0 Å². The van der Waals surface area contributed by atoms with Gasteiger partial charge in [0.1, 0.15) is 12.3 Å². The lowest BCUT2D eigenvalue weighted by molar-refractivity contribution is -0.145. The van der Waals surface area contributed by atoms with E-state index in [4.69, 9.17) is 21.1 Å². The molecule has 0 radical (unpaired) electrons. The first-order valence-corrected chi connectivity index (χ1v) is 12.5. The Morgan fingerprint density at radius 3 is 2.62 bits per heavy atom. The Bertz CT molecular complexity index is 1170. The Morgan fingerprint density at radius 2 is 1.94 bits per heavy atom. The van der Waals surface area contributed by atoms with Crippen molar-refractivity contribution in [2.75, 3.05) is 24.6 Å². The van der Waals surface area contributed by atoms with Crippen molar-refractivity contribution in [1.29, 1.82) is 0 Å². The summed E-state index contributed by atoms with van der Waals surface area (Å²) in [6, 6.07) is 12.2. The molecular weight excluding hydrogens is 482 g/mol. The molecule has 0 aromatic heterocycles. The molecule has 1 aliphatic rings. The summed E-state index contributed by atoms with van der Waals surface area (Å²) in [4.78, 5) is 25.0. The van der Waals surface area contributed by atoms with Gasteiger partial charge in [0.05, 0.1) is 35.9 Å². The number of amides is 1. The first-order valence-electron chi connectivity index (χ1n) is 10.7. The second-order valence-corrected chi connectivity index (χ2v) is 9.77. The van der Waals surface area contributed by atoms with E-state index in [-0.39, 0.29) is 33.9 Å². The summed E-state index contributed by atoms with van der Waals surface area (Å²) < 4.78 is 38.3. The summed E-state index contributed by atoms with van der Waals surface area (Å²) in [6.45, 7) is 1.38. The summed E-state index contributed by atoms with van der Waals surface area (Å²) in [7, 11) is -2.77. The molecule has 1 amide bonds. The number of nitrogens with zero attached hydrogens (tertiary/aromatic N) is 2. The molecule has 2 aromatic rings. The predicted octanol–water partition coefficient (Wildman–Crippen LogP) is 3.38. The van der Waals surface area contributed by atoms with Crippen molar-refractivity contribution in [3.63, 3.8) is 0 Å². The number of carbonyl (C=O) groups is 2. The number of anilines is 1. The van der Waals surface area contributed by atoms with Crippen molar-refractivity contribution in [3.8, 4) is 5.75 Å². The Labute approximate surface area is 203 Å². The summed E-state index contributed by atoms with van der Waals surface area (Å²) in [5.74, 6) is -1.37. The summed E-state index contributed by atoms with van der Waals surface area (Å²) in [5, 5.41) is 4.38. The molecule has 34 heavy (non-hydrogen) atoms. The van der Waals surface area contributed by atoms with Crippen molar-refractivity contribution in [3.05, 3.63) is 53.6 Å². The lowest BCUT2D eigenvalue weighted by atomic mass is 10.1. The molecule has 1 unspecified atom stereocenters. The maximum absolute atomic E-state index is 13.5. The predicted molar refractivity (Wildman–Crippen MR) is 129 cm³/mol. The van der Waals surface area contributed by atoms with E-state index in [0.717, 1.165) is 10.7 Å². The number of halogens is 1. The number of esters is 1. The third-order valence-corrected chi connectivity index (χ3v) is 7.26. The molecule has 9 nitrogen and oxygen atoms in total. The number of hydrogen-bond donors (Lipinski definition) is 1. The average Bonchev–Trinajstić information content (AvgIpc) is 3.30. The fourth-order valence-electron chi connectivity index (χ4n) is 3.64. The van der Waals surface area contributed by atoms with Crippen LogP contribution >= 0.6 is 11.6 Å². The Hall–Kier alpha value is -3.11. The van der Waals surface area contributed by atoms with Crippen LogP contribution < -0.4 is 14.5 Å². The zero-order chi connectivity index (χ0) is 24.7. The Kier molecular flexibility index (Phi) is 8.51. The molecule has 0 aliphatic heterocycles. The van der Waals surface area contributed by atoms with Gasteiger partial charge in [-0.3, -0.25) is 13.9 Å². The molecule has 182 valence electrons. The largest absolute Gasteiger partial charge is 0.495 e. The standard InChI is InChI=1S/C23H26ClN3O6S/c1-3-33-23(29)18-10-7-11-19(18)25-26-22(28)15-27(20-14-16(24)12-13-21(20)32-2)34(30,31)17-8-5-4-6-9-17/h4-6,8-9,12-14,18H,3,7,10-11,15H2,1-2H3,(H,26,28)/b25-19+. The van der Waals surface area contributed by atoms with Gasteiger partial charge in [0.15, 0.2) is 0 Å². The van der Waals surface area contributed by atoms with Gasteiger partial charge in [-0.15, -0.1) is 0 Å². The Morgan fingerprint density at radius 1 is 1.21 bits per heavy atom. The van der Waals surface area contributed by atoms with Crippen LogP contribution in [0.1, 0.15) is 26.2 Å². The smallest absolute Gasteiger partial charge is 0.314 e. The van der Waals surface area contributed by atoms with Crippen LogP contribution in [0.5, 0.6) is 5.75 Å². The molecule has 0 spiro atoms. The van der Waals surface area contributed by atoms with E-state index in [1.165, 1.54) is 31.4 Å². The normalized spacial score (nSPS) is 16.8. The molecule has 1 fully saturated rings. The van der Waals surface area contributed by atoms with Crippen LogP contribution in [0.2, 0.25) is 5.02 Å². The summed E-state index contributed by atoms with van der Waals surface area (Å²) in [5.41, 5.74) is 3.00. The van der Waals surface area contributed by atoms with Crippen LogP contribution in [0.25, 0.3) is 0 Å². The minimum absolute atomic E-state index is 0.00527. The van der Waals surface area contributed by atoms with Gasteiger partial charge >= 0.3 is 5.97 Å². The van der Waals surface area contributed by atoms with E-state index in [0.29, 0.717) is 18.6 Å². The molecule has 0 saturated heterocycles. The van der Waals surface area contributed by atoms with Crippen LogP contribution in [-0.2, 0) is 24.3 Å². The lowest BCUT2D eigenvalue weighted by Gasteiger charge is -2.25. The van der Waals surface area contributed by atoms with Gasteiger partial charge in [-0.25, -0.2) is 13.8 Å². The molecule has 11 heteroatoms. The third-order valence-electron chi connectivity index (χ3n) is 5.25. The highest BCUT2D eigenvalue weighted by atomic mass is 35.5. The third kappa shape index (κ3) is 5.87. The maximum atomic E-state index is 13.5. The van der Waals surface area contributed by atoms with E-state index in [1.54, 1.807) is 31.2 Å². The first-order chi connectivity index (χ1) is 16.3. The monoisotopic (exact) mass is 507 g/mol. The molecule has 2 aromatic carbocycles. The van der Waals surface area contributed by atoms with Crippen molar-refractivity contribution in [2.24, 2.45) is 11.0 Å². The van der Waals surface area contributed by atoms with Gasteiger partial charge in [-0.1, -0.05) is 29.8 Å². The maximum Gasteiger partial charge on any atom is 0.314 e. The molecule has 3 rings (SSSR count). The van der Waals surface area contributed by atoms with Crippen molar-refractivity contribution < 1.29 is 27.5 Å². The van der Waals surface area contributed by atoms with E-state index < -0.39 is 28.4 Å². The minimum atomic E-state index is -4.16. The highest BCUT2D eigenvalue weighted by Crippen LogP contribution is 2.34. The van der Waals surface area contributed by atoms with Gasteiger partial charge in [-0.05, 0) is 56.5 Å². The van der Waals surface area contributed by atoms with Crippen molar-refractivity contribution in [2.45, 2.75) is 31.1 Å². The highest BCUT2D eigenvalue weighted by molar-refractivity contribution is 7.92. The molecule has 1 N–H and O–H groups in total. The number of ether oxygens (including phenoxy) is 2. The quantitative estimate of drug-likeness (QED) is 0.411. The molecule has 1 atom stereocenters. The minimum Gasteiger partial charge on any atom is -0.495 e. The zero-order valence-corrected chi connectivity index (χ0v) is 20.4. The molecule has 1 aliphatic carbocycles. The SMILES string of the molecule is CCOC(=O)C1CCC/C1=N\NC(=O)CN(c1cc(Cl)ccc1OC)S(=O)(=O)c1ccccc1. The van der Waals surface area contributed by atoms with Crippen LogP contribution in [0.15, 0.2) is 58.5 Å². The second kappa shape index (κ2) is 11.3. The van der Waals surface area contributed by atoms with E-state index in [2.05, 4.69) is 10.5 Å². The number of hydrazone groups is 1. The number of carbonyl (C=O) groups excluding carboxylic acids is 2.